The highest BCUT2D eigenvalue weighted by Crippen LogP contribution is 2.35. The minimum atomic E-state index is -0.661. The van der Waals surface area contributed by atoms with Crippen LogP contribution in [0.3, 0.4) is 0 Å². The van der Waals surface area contributed by atoms with Crippen LogP contribution in [0.4, 0.5) is 4.39 Å². The Balaban J connectivity index is 1.63. The number of morpholine rings is 1. The molecule has 1 aromatic carbocycles. The molecule has 37 heavy (non-hydrogen) atoms. The molecule has 2 aliphatic rings. The Morgan fingerprint density at radius 1 is 1.27 bits per heavy atom. The van der Waals surface area contributed by atoms with Crippen LogP contribution in [0, 0.1) is 5.82 Å². The lowest BCUT2D eigenvalue weighted by Crippen LogP contribution is -2.65. The number of aliphatic hydroxyl groups excluding tert-OH is 1. The molecule has 0 aliphatic carbocycles. The number of carbonyl (C=O) groups excluding carboxylic acids is 2. The maximum atomic E-state index is 13.8. The molecule has 4 heterocycles. The van der Waals surface area contributed by atoms with Gasteiger partial charge in [0.15, 0.2) is 10.8 Å². The van der Waals surface area contributed by atoms with Crippen LogP contribution in [-0.4, -0.2) is 93.8 Å². The van der Waals surface area contributed by atoms with Gasteiger partial charge in [0.05, 0.1) is 48.8 Å². The van der Waals surface area contributed by atoms with Gasteiger partial charge in [-0.25, -0.2) is 24.1 Å². The lowest BCUT2D eigenvalue weighted by Gasteiger charge is -2.49. The van der Waals surface area contributed by atoms with Crippen molar-refractivity contribution in [3.8, 4) is 22.1 Å². The average molecular weight is 548 g/mol. The maximum absolute atomic E-state index is 13.8. The molecule has 3 aromatic rings. The van der Waals surface area contributed by atoms with Crippen LogP contribution in [0.15, 0.2) is 29.8 Å². The SMILES string of the molecule is COC(=O)c1c(CN2C3COC[C@H]2CN(C(=O)CO)C3)nc(-c2nccs2)nc1-c1ccc(F)cc1Cl. The minimum absolute atomic E-state index is 0.0845. The number of amides is 1. The van der Waals surface area contributed by atoms with E-state index in [0.717, 1.165) is 6.07 Å². The summed E-state index contributed by atoms with van der Waals surface area (Å²) in [5.74, 6) is -1.23. The predicted octanol–water partition coefficient (Wildman–Crippen LogP) is 2.25. The van der Waals surface area contributed by atoms with Crippen molar-refractivity contribution < 1.29 is 28.6 Å². The van der Waals surface area contributed by atoms with Gasteiger partial charge in [-0.05, 0) is 18.2 Å². The van der Waals surface area contributed by atoms with Gasteiger partial charge >= 0.3 is 5.97 Å². The number of esters is 1. The first-order valence-electron chi connectivity index (χ1n) is 11.5. The summed E-state index contributed by atoms with van der Waals surface area (Å²) in [6.07, 6.45) is 1.63. The molecule has 0 radical (unpaired) electrons. The number of rotatable bonds is 6. The number of methoxy groups -OCH3 is 1. The van der Waals surface area contributed by atoms with Crippen molar-refractivity contribution in [2.24, 2.45) is 0 Å². The molecule has 1 unspecified atom stereocenters. The molecule has 0 saturated carbocycles. The molecule has 2 atom stereocenters. The lowest BCUT2D eigenvalue weighted by molar-refractivity contribution is -0.148. The van der Waals surface area contributed by atoms with E-state index >= 15 is 0 Å². The van der Waals surface area contributed by atoms with E-state index in [0.29, 0.717) is 48.4 Å². The Morgan fingerprint density at radius 3 is 2.65 bits per heavy atom. The Bertz CT molecular complexity index is 1310. The second-order valence-electron chi connectivity index (χ2n) is 8.64. The van der Waals surface area contributed by atoms with Crippen LogP contribution in [0.1, 0.15) is 16.1 Å². The first kappa shape index (κ1) is 25.6. The first-order chi connectivity index (χ1) is 17.9. The number of piperazine rings is 1. The number of hydrogen-bond acceptors (Lipinski definition) is 10. The summed E-state index contributed by atoms with van der Waals surface area (Å²) in [7, 11) is 1.26. The summed E-state index contributed by atoms with van der Waals surface area (Å²) >= 11 is 7.73. The number of halogens is 2. The fourth-order valence-corrected chi connectivity index (χ4v) is 5.53. The van der Waals surface area contributed by atoms with E-state index in [2.05, 4.69) is 14.9 Å². The molecule has 2 saturated heterocycles. The number of fused-ring (bicyclic) bond motifs is 2. The molecule has 2 bridgehead atoms. The third-order valence-electron chi connectivity index (χ3n) is 6.42. The fraction of sp³-hybridized carbons (Fsp3) is 0.375. The van der Waals surface area contributed by atoms with Crippen molar-refractivity contribution in [1.29, 1.82) is 0 Å². The average Bonchev–Trinajstić information content (AvgIpc) is 3.42. The third-order valence-corrected chi connectivity index (χ3v) is 7.51. The van der Waals surface area contributed by atoms with Gasteiger partial charge in [0.25, 0.3) is 0 Å². The van der Waals surface area contributed by atoms with Gasteiger partial charge < -0.3 is 19.5 Å². The van der Waals surface area contributed by atoms with Gasteiger partial charge in [0, 0.05) is 36.8 Å². The van der Waals surface area contributed by atoms with Gasteiger partial charge in [0.1, 0.15) is 18.0 Å². The van der Waals surface area contributed by atoms with Crippen molar-refractivity contribution in [2.75, 3.05) is 40.0 Å². The predicted molar refractivity (Wildman–Crippen MR) is 132 cm³/mol. The van der Waals surface area contributed by atoms with Gasteiger partial charge in [-0.2, -0.15) is 0 Å². The second-order valence-corrected chi connectivity index (χ2v) is 9.95. The minimum Gasteiger partial charge on any atom is -0.465 e. The van der Waals surface area contributed by atoms with Crippen LogP contribution in [0.25, 0.3) is 22.1 Å². The van der Waals surface area contributed by atoms with E-state index in [1.165, 1.54) is 30.6 Å². The van der Waals surface area contributed by atoms with Gasteiger partial charge in [-0.1, -0.05) is 11.6 Å². The van der Waals surface area contributed by atoms with E-state index in [1.807, 2.05) is 0 Å². The summed E-state index contributed by atoms with van der Waals surface area (Å²) in [4.78, 5) is 42.7. The molecule has 2 aromatic heterocycles. The topological polar surface area (TPSA) is 118 Å². The lowest BCUT2D eigenvalue weighted by atomic mass is 10.00. The van der Waals surface area contributed by atoms with Gasteiger partial charge in [0.2, 0.25) is 5.91 Å². The Morgan fingerprint density at radius 2 is 2.03 bits per heavy atom. The highest BCUT2D eigenvalue weighted by atomic mass is 35.5. The summed E-state index contributed by atoms with van der Waals surface area (Å²) < 4.78 is 24.7. The molecule has 0 spiro atoms. The molecule has 13 heteroatoms. The number of thiazole rings is 1. The number of ether oxygens (including phenoxy) is 2. The van der Waals surface area contributed by atoms with Crippen molar-refractivity contribution in [2.45, 2.75) is 18.6 Å². The highest BCUT2D eigenvalue weighted by molar-refractivity contribution is 7.13. The van der Waals surface area contributed by atoms with Crippen LogP contribution in [0.5, 0.6) is 0 Å². The van der Waals surface area contributed by atoms with Gasteiger partial charge in [-0.3, -0.25) is 9.69 Å². The molecule has 10 nitrogen and oxygen atoms in total. The fourth-order valence-electron chi connectivity index (χ4n) is 4.71. The van der Waals surface area contributed by atoms with E-state index in [1.54, 1.807) is 16.5 Å². The molecule has 1 N–H and O–H groups in total. The Hall–Kier alpha value is -3.03. The number of aromatic nitrogens is 3. The first-order valence-corrected chi connectivity index (χ1v) is 12.7. The summed E-state index contributed by atoms with van der Waals surface area (Å²) in [6.45, 7) is 1.16. The van der Waals surface area contributed by atoms with Crippen LogP contribution in [-0.2, 0) is 20.8 Å². The molecular formula is C24H23ClFN5O5S. The molecule has 194 valence electrons. The largest absolute Gasteiger partial charge is 0.465 e. The molecule has 2 aliphatic heterocycles. The summed E-state index contributed by atoms with van der Waals surface area (Å²) in [6, 6.07) is 3.51. The van der Waals surface area contributed by atoms with Crippen molar-refractivity contribution >= 4 is 34.8 Å². The van der Waals surface area contributed by atoms with Crippen LogP contribution in [0.2, 0.25) is 5.02 Å². The van der Waals surface area contributed by atoms with E-state index < -0.39 is 18.4 Å². The molecule has 2 fully saturated rings. The number of nitrogens with zero attached hydrogens (tertiary/aromatic N) is 5. The third kappa shape index (κ3) is 5.07. The van der Waals surface area contributed by atoms with Crippen molar-refractivity contribution in [1.82, 2.24) is 24.8 Å². The zero-order chi connectivity index (χ0) is 26.1. The van der Waals surface area contributed by atoms with Crippen LogP contribution < -0.4 is 0 Å². The zero-order valence-corrected chi connectivity index (χ0v) is 21.3. The Labute approximate surface area is 220 Å². The monoisotopic (exact) mass is 547 g/mol. The van der Waals surface area contributed by atoms with E-state index in [4.69, 9.17) is 26.1 Å². The number of aliphatic hydroxyl groups is 1. The normalized spacial score (nSPS) is 19.6. The number of hydrogen-bond donors (Lipinski definition) is 1. The zero-order valence-electron chi connectivity index (χ0n) is 19.8. The molecule has 1 amide bonds. The van der Waals surface area contributed by atoms with Crippen molar-refractivity contribution in [3.05, 3.63) is 51.9 Å². The van der Waals surface area contributed by atoms with Crippen LogP contribution >= 0.6 is 22.9 Å². The van der Waals surface area contributed by atoms with E-state index in [9.17, 15) is 19.1 Å². The smallest absolute Gasteiger partial charge is 0.342 e. The molecular weight excluding hydrogens is 525 g/mol. The summed E-state index contributed by atoms with van der Waals surface area (Å²) in [5.41, 5.74) is 1.07. The standard InChI is InChI=1S/C24H23ClFN5O5S/c1-35-24(34)20-18(9-31-14-7-30(19(33)10-32)8-15(31)12-36-11-14)28-22(23-27-4-5-37-23)29-21(20)16-3-2-13(26)6-17(16)25/h2-6,14-15,32H,7-12H2,1H3/t14-,15?/m1/s1. The van der Waals surface area contributed by atoms with Gasteiger partial charge in [-0.15, -0.1) is 11.3 Å². The maximum Gasteiger partial charge on any atom is 0.342 e. The van der Waals surface area contributed by atoms with E-state index in [-0.39, 0.29) is 40.8 Å². The quantitative estimate of drug-likeness (QED) is 0.463. The molecule has 5 rings (SSSR count). The summed E-state index contributed by atoms with van der Waals surface area (Å²) in [5, 5.41) is 11.7. The highest BCUT2D eigenvalue weighted by Gasteiger charge is 2.40. The number of carbonyl (C=O) groups is 2. The second kappa shape index (κ2) is 10.8. The van der Waals surface area contributed by atoms with Crippen molar-refractivity contribution in [3.63, 3.8) is 0 Å². The Kier molecular flexibility index (Phi) is 7.45. The number of benzene rings is 1.